The van der Waals surface area contributed by atoms with Gasteiger partial charge in [0.1, 0.15) is 6.79 Å². The number of carbonyl (C=O) groups is 2. The van der Waals surface area contributed by atoms with Crippen molar-refractivity contribution in [3.63, 3.8) is 0 Å². The number of aliphatic carboxylic acids is 1. The third kappa shape index (κ3) is 9.91. The summed E-state index contributed by atoms with van der Waals surface area (Å²) in [7, 11) is -3.10. The Labute approximate surface area is 161 Å². The monoisotopic (exact) mass is 399 g/mol. The standard InChI is InChI=1S/C15H23NO2S.C3H4O3.CH2O/c1-3-9-16-10-5-7-14(12-16)13-6-4-8-15(11-13)19(2,17)18;4-2-1-3(5)6;1-2/h4,6,8,11,14H,3,5,7,9-10,12H2,1-2H3;1-2,4H,(H,5,6);1H2/b;2-1+;. The van der Waals surface area contributed by atoms with Gasteiger partial charge in [-0.25, -0.2) is 13.2 Å². The quantitative estimate of drug-likeness (QED) is 0.578. The van der Waals surface area contributed by atoms with Gasteiger partial charge in [-0.15, -0.1) is 0 Å². The first-order valence-corrected chi connectivity index (χ1v) is 10.5. The van der Waals surface area contributed by atoms with Crippen LogP contribution in [0.4, 0.5) is 0 Å². The van der Waals surface area contributed by atoms with Crippen LogP contribution in [-0.4, -0.2) is 62.2 Å². The molecule has 0 aromatic heterocycles. The topological polar surface area (TPSA) is 112 Å². The molecule has 152 valence electrons. The second-order valence-electron chi connectivity index (χ2n) is 6.14. The lowest BCUT2D eigenvalue weighted by molar-refractivity contribution is -0.131. The lowest BCUT2D eigenvalue weighted by Crippen LogP contribution is -2.34. The minimum atomic E-state index is -3.10. The fourth-order valence-corrected chi connectivity index (χ4v) is 3.59. The molecule has 1 fully saturated rings. The molecule has 1 aromatic carbocycles. The van der Waals surface area contributed by atoms with E-state index in [1.807, 2.05) is 18.9 Å². The van der Waals surface area contributed by atoms with E-state index < -0.39 is 15.8 Å². The van der Waals surface area contributed by atoms with Crippen LogP contribution in [0, 0.1) is 0 Å². The van der Waals surface area contributed by atoms with Gasteiger partial charge in [0.25, 0.3) is 0 Å². The van der Waals surface area contributed by atoms with Crippen molar-refractivity contribution in [3.8, 4) is 0 Å². The molecule has 1 aliphatic heterocycles. The molecule has 1 heterocycles. The fraction of sp³-hybridized carbons (Fsp3) is 0.474. The average molecular weight is 400 g/mol. The summed E-state index contributed by atoms with van der Waals surface area (Å²) < 4.78 is 23.2. The molecule has 7 nitrogen and oxygen atoms in total. The third-order valence-corrected chi connectivity index (χ3v) is 5.13. The first-order chi connectivity index (χ1) is 12.8. The minimum Gasteiger partial charge on any atom is -0.515 e. The molecular formula is C19H29NO6S. The van der Waals surface area contributed by atoms with Crippen LogP contribution in [0.1, 0.15) is 37.7 Å². The van der Waals surface area contributed by atoms with Crippen LogP contribution in [-0.2, 0) is 19.4 Å². The van der Waals surface area contributed by atoms with Crippen molar-refractivity contribution in [3.05, 3.63) is 42.2 Å². The number of nitrogens with zero attached hydrogens (tertiary/aromatic N) is 1. The highest BCUT2D eigenvalue weighted by atomic mass is 32.2. The van der Waals surface area contributed by atoms with E-state index in [1.54, 1.807) is 6.07 Å². The number of carbonyl (C=O) groups excluding carboxylic acids is 1. The molecule has 0 saturated carbocycles. The van der Waals surface area contributed by atoms with Crippen molar-refractivity contribution >= 4 is 22.6 Å². The summed E-state index contributed by atoms with van der Waals surface area (Å²) in [6, 6.07) is 7.47. The van der Waals surface area contributed by atoms with Gasteiger partial charge in [0.2, 0.25) is 0 Å². The molecule has 0 bridgehead atoms. The van der Waals surface area contributed by atoms with E-state index in [9.17, 15) is 13.2 Å². The van der Waals surface area contributed by atoms with Crippen molar-refractivity contribution in [2.75, 3.05) is 25.9 Å². The Morgan fingerprint density at radius 3 is 2.52 bits per heavy atom. The summed E-state index contributed by atoms with van der Waals surface area (Å²) in [5.41, 5.74) is 1.17. The van der Waals surface area contributed by atoms with Gasteiger partial charge < -0.3 is 19.9 Å². The van der Waals surface area contributed by atoms with Gasteiger partial charge in [-0.05, 0) is 56.0 Å². The van der Waals surface area contributed by atoms with E-state index in [4.69, 9.17) is 15.0 Å². The molecule has 1 saturated heterocycles. The summed E-state index contributed by atoms with van der Waals surface area (Å²) in [6.07, 6.45) is 5.93. The van der Waals surface area contributed by atoms with Crippen LogP contribution < -0.4 is 0 Å². The van der Waals surface area contributed by atoms with Crippen molar-refractivity contribution in [1.29, 1.82) is 0 Å². The Balaban J connectivity index is 0.000000722. The second kappa shape index (κ2) is 13.1. The normalized spacial score (nSPS) is 17.3. The predicted octanol–water partition coefficient (Wildman–Crippen LogP) is 2.64. The summed E-state index contributed by atoms with van der Waals surface area (Å²) >= 11 is 0. The van der Waals surface area contributed by atoms with Crippen LogP contribution in [0.15, 0.2) is 41.5 Å². The number of likely N-dealkylation sites (tertiary alicyclic amines) is 1. The van der Waals surface area contributed by atoms with Gasteiger partial charge in [0, 0.05) is 12.8 Å². The van der Waals surface area contributed by atoms with Crippen LogP contribution in [0.5, 0.6) is 0 Å². The largest absolute Gasteiger partial charge is 0.515 e. The van der Waals surface area contributed by atoms with Gasteiger partial charge >= 0.3 is 5.97 Å². The highest BCUT2D eigenvalue weighted by Gasteiger charge is 2.21. The van der Waals surface area contributed by atoms with E-state index in [0.29, 0.717) is 23.2 Å². The van der Waals surface area contributed by atoms with Crippen molar-refractivity contribution in [1.82, 2.24) is 4.90 Å². The Morgan fingerprint density at radius 1 is 1.37 bits per heavy atom. The number of benzene rings is 1. The second-order valence-corrected chi connectivity index (χ2v) is 8.15. The first kappa shape index (κ1) is 24.8. The number of piperidine rings is 1. The highest BCUT2D eigenvalue weighted by Crippen LogP contribution is 2.28. The number of carboxylic acid groups (broad SMARTS) is 1. The molecule has 1 aromatic rings. The number of hydrogen-bond donors (Lipinski definition) is 2. The Morgan fingerprint density at radius 2 is 2.04 bits per heavy atom. The molecule has 0 radical (unpaired) electrons. The molecule has 1 aliphatic rings. The van der Waals surface area contributed by atoms with Crippen LogP contribution >= 0.6 is 0 Å². The Hall–Kier alpha value is -2.19. The number of aliphatic hydroxyl groups is 1. The number of carboxylic acids is 1. The fourth-order valence-electron chi connectivity index (χ4n) is 2.91. The molecular weight excluding hydrogens is 370 g/mol. The number of rotatable bonds is 5. The van der Waals surface area contributed by atoms with Crippen LogP contribution in [0.2, 0.25) is 0 Å². The van der Waals surface area contributed by atoms with Gasteiger partial charge in [-0.1, -0.05) is 19.1 Å². The smallest absolute Gasteiger partial charge is 0.331 e. The lowest BCUT2D eigenvalue weighted by Gasteiger charge is -2.32. The van der Waals surface area contributed by atoms with E-state index in [-0.39, 0.29) is 0 Å². The maximum atomic E-state index is 11.6. The maximum Gasteiger partial charge on any atom is 0.331 e. The van der Waals surface area contributed by atoms with E-state index >= 15 is 0 Å². The van der Waals surface area contributed by atoms with E-state index in [1.165, 1.54) is 31.2 Å². The molecule has 0 spiro atoms. The number of sulfone groups is 1. The summed E-state index contributed by atoms with van der Waals surface area (Å²) in [5, 5.41) is 15.3. The molecule has 1 atom stereocenters. The number of aliphatic hydroxyl groups excluding tert-OH is 1. The first-order valence-electron chi connectivity index (χ1n) is 8.62. The van der Waals surface area contributed by atoms with Gasteiger partial charge in [-0.3, -0.25) is 0 Å². The average Bonchev–Trinajstić information content (AvgIpc) is 2.64. The maximum absolute atomic E-state index is 11.6. The predicted molar refractivity (Wildman–Crippen MR) is 105 cm³/mol. The molecule has 1 unspecified atom stereocenters. The minimum absolute atomic E-state index is 0.442. The van der Waals surface area contributed by atoms with Gasteiger partial charge in [-0.2, -0.15) is 0 Å². The van der Waals surface area contributed by atoms with Gasteiger partial charge in [0.15, 0.2) is 9.84 Å². The lowest BCUT2D eigenvalue weighted by atomic mass is 9.90. The van der Waals surface area contributed by atoms with Crippen molar-refractivity contribution in [2.24, 2.45) is 0 Å². The highest BCUT2D eigenvalue weighted by molar-refractivity contribution is 7.90. The van der Waals surface area contributed by atoms with E-state index in [2.05, 4.69) is 17.9 Å². The molecule has 0 amide bonds. The molecule has 2 N–H and O–H groups in total. The Bertz CT molecular complexity index is 700. The zero-order valence-corrected chi connectivity index (χ0v) is 16.7. The SMILES string of the molecule is C=O.CCCN1CCCC(c2cccc(S(C)(=O)=O)c2)C1.O=C(O)/C=C/O. The van der Waals surface area contributed by atoms with Crippen molar-refractivity contribution < 1.29 is 28.2 Å². The molecule has 0 aliphatic carbocycles. The number of hydrogen-bond acceptors (Lipinski definition) is 6. The zero-order chi connectivity index (χ0) is 20.9. The summed E-state index contributed by atoms with van der Waals surface area (Å²) in [5.74, 6) is -0.667. The third-order valence-electron chi connectivity index (χ3n) is 4.02. The Kier molecular flexibility index (Phi) is 12.0. The van der Waals surface area contributed by atoms with E-state index in [0.717, 1.165) is 19.5 Å². The molecule has 27 heavy (non-hydrogen) atoms. The van der Waals surface area contributed by atoms with Crippen LogP contribution in [0.3, 0.4) is 0 Å². The van der Waals surface area contributed by atoms with Gasteiger partial charge in [0.05, 0.1) is 17.2 Å². The summed E-state index contributed by atoms with van der Waals surface area (Å²) in [4.78, 5) is 20.3. The summed E-state index contributed by atoms with van der Waals surface area (Å²) in [6.45, 7) is 7.58. The van der Waals surface area contributed by atoms with Crippen LogP contribution in [0.25, 0.3) is 0 Å². The molecule has 2 rings (SSSR count). The molecule has 8 heteroatoms. The zero-order valence-electron chi connectivity index (χ0n) is 15.9. The van der Waals surface area contributed by atoms with Crippen molar-refractivity contribution in [2.45, 2.75) is 37.0 Å².